The number of nitrogens with zero attached hydrogens (tertiary/aromatic N) is 4. The van der Waals surface area contributed by atoms with E-state index in [-0.39, 0.29) is 11.7 Å². The number of carbonyl (C=O) groups is 1. The van der Waals surface area contributed by atoms with Gasteiger partial charge in [0.1, 0.15) is 0 Å². The molecule has 36 heavy (non-hydrogen) atoms. The minimum Gasteiger partial charge on any atom is -0.503 e. The molecule has 3 aromatic rings. The fourth-order valence-electron chi connectivity index (χ4n) is 5.12. The van der Waals surface area contributed by atoms with E-state index in [4.69, 9.17) is 5.10 Å². The molecule has 1 aliphatic carbocycles. The second-order valence-electron chi connectivity index (χ2n) is 9.82. The van der Waals surface area contributed by atoms with E-state index in [2.05, 4.69) is 51.2 Å². The standard InChI is InChI=1S/C26H31F2N5O2.H3N/c1-31-8-10-32(11-9-31)21-7-4-18-16-33(30-24(18)14-21)20-5-2-17(3-6-20)15-29-26(35)19-12-22(27)25(34)23(28)13-19;/h4,7,12-14,16-17,20,34H,2-3,5-6,8-11,15H2,1H3,(H,29,35);1H3. The van der Waals surface area contributed by atoms with Crippen LogP contribution in [0.25, 0.3) is 10.9 Å². The lowest BCUT2D eigenvalue weighted by molar-refractivity contribution is 0.0940. The van der Waals surface area contributed by atoms with Crippen molar-refractivity contribution in [3.63, 3.8) is 0 Å². The third-order valence-corrected chi connectivity index (χ3v) is 7.40. The minimum atomic E-state index is -1.14. The first-order valence-electron chi connectivity index (χ1n) is 12.3. The maximum absolute atomic E-state index is 13.5. The van der Waals surface area contributed by atoms with Crippen molar-refractivity contribution in [2.45, 2.75) is 31.7 Å². The first-order chi connectivity index (χ1) is 16.9. The van der Waals surface area contributed by atoms with Crippen molar-refractivity contribution in [3.8, 4) is 5.75 Å². The first kappa shape index (κ1) is 25.8. The predicted molar refractivity (Wildman–Crippen MR) is 136 cm³/mol. The molecule has 2 heterocycles. The zero-order valence-corrected chi connectivity index (χ0v) is 20.6. The molecule has 0 unspecified atom stereocenters. The van der Waals surface area contributed by atoms with E-state index in [1.165, 1.54) is 5.69 Å². The highest BCUT2D eigenvalue weighted by atomic mass is 19.1. The zero-order chi connectivity index (χ0) is 24.5. The molecule has 2 fully saturated rings. The number of benzene rings is 2. The maximum atomic E-state index is 13.5. The van der Waals surface area contributed by atoms with Crippen molar-refractivity contribution < 1.29 is 18.7 Å². The van der Waals surface area contributed by atoms with E-state index in [9.17, 15) is 18.7 Å². The van der Waals surface area contributed by atoms with E-state index in [0.717, 1.165) is 74.9 Å². The SMILES string of the molecule is CN1CCN(c2ccc3cn(C4CCC(CNC(=O)c5cc(F)c(O)c(F)c5)CC4)nc3c2)CC1.N. The molecule has 1 amide bonds. The number of piperazine rings is 1. The van der Waals surface area contributed by atoms with Gasteiger partial charge in [-0.1, -0.05) is 0 Å². The van der Waals surface area contributed by atoms with Crippen molar-refractivity contribution in [1.29, 1.82) is 0 Å². The Morgan fingerprint density at radius 2 is 1.72 bits per heavy atom. The Labute approximate surface area is 209 Å². The number of anilines is 1. The molecule has 0 atom stereocenters. The van der Waals surface area contributed by atoms with Crippen LogP contribution in [-0.2, 0) is 0 Å². The van der Waals surface area contributed by atoms with Gasteiger partial charge in [-0.3, -0.25) is 9.48 Å². The topological polar surface area (TPSA) is 109 Å². The number of amides is 1. The van der Waals surface area contributed by atoms with Crippen LogP contribution in [0.15, 0.2) is 36.5 Å². The maximum Gasteiger partial charge on any atom is 0.251 e. The van der Waals surface area contributed by atoms with Gasteiger partial charge in [-0.15, -0.1) is 0 Å². The highest BCUT2D eigenvalue weighted by Crippen LogP contribution is 2.33. The molecular formula is C26H34F2N6O2. The van der Waals surface area contributed by atoms with Crippen LogP contribution in [0.3, 0.4) is 0 Å². The Hall–Kier alpha value is -3.24. The van der Waals surface area contributed by atoms with E-state index in [0.29, 0.717) is 18.5 Å². The lowest BCUT2D eigenvalue weighted by atomic mass is 9.86. The monoisotopic (exact) mass is 500 g/mol. The number of hydrogen-bond donors (Lipinski definition) is 3. The molecule has 1 aliphatic heterocycles. The molecule has 2 aliphatic rings. The molecule has 194 valence electrons. The smallest absolute Gasteiger partial charge is 0.251 e. The van der Waals surface area contributed by atoms with Gasteiger partial charge in [0, 0.05) is 55.6 Å². The first-order valence-corrected chi connectivity index (χ1v) is 12.3. The van der Waals surface area contributed by atoms with Crippen molar-refractivity contribution in [2.24, 2.45) is 5.92 Å². The molecular weight excluding hydrogens is 466 g/mol. The van der Waals surface area contributed by atoms with Gasteiger partial charge in [0.25, 0.3) is 5.91 Å². The Morgan fingerprint density at radius 1 is 1.06 bits per heavy atom. The summed E-state index contributed by atoms with van der Waals surface area (Å²) in [5.41, 5.74) is 2.11. The summed E-state index contributed by atoms with van der Waals surface area (Å²) in [7, 11) is 2.16. The Bertz CT molecular complexity index is 1190. The number of likely N-dealkylation sites (N-methyl/N-ethyl adjacent to an activating group) is 1. The molecule has 1 aromatic heterocycles. The van der Waals surface area contributed by atoms with Crippen LogP contribution in [0.5, 0.6) is 5.75 Å². The number of rotatable bonds is 5. The third kappa shape index (κ3) is 5.44. The number of carbonyl (C=O) groups excluding carboxylic acids is 1. The molecule has 2 aromatic carbocycles. The van der Waals surface area contributed by atoms with E-state index in [1.54, 1.807) is 0 Å². The van der Waals surface area contributed by atoms with Crippen LogP contribution in [0.4, 0.5) is 14.5 Å². The fraction of sp³-hybridized carbons (Fsp3) is 0.462. The van der Waals surface area contributed by atoms with Gasteiger partial charge in [0.2, 0.25) is 0 Å². The number of halogens is 2. The summed E-state index contributed by atoms with van der Waals surface area (Å²) in [6, 6.07) is 8.55. The molecule has 1 saturated carbocycles. The van der Waals surface area contributed by atoms with Crippen LogP contribution in [0, 0.1) is 17.6 Å². The summed E-state index contributed by atoms with van der Waals surface area (Å²) < 4.78 is 29.1. The van der Waals surface area contributed by atoms with Gasteiger partial charge in [0.05, 0.1) is 11.6 Å². The summed E-state index contributed by atoms with van der Waals surface area (Å²) in [5.74, 6) is -3.59. The van der Waals surface area contributed by atoms with Crippen molar-refractivity contribution >= 4 is 22.5 Å². The van der Waals surface area contributed by atoms with Crippen LogP contribution in [0.2, 0.25) is 0 Å². The summed E-state index contributed by atoms with van der Waals surface area (Å²) in [4.78, 5) is 17.1. The number of nitrogens with one attached hydrogen (secondary N) is 1. The Morgan fingerprint density at radius 3 is 2.39 bits per heavy atom. The average Bonchev–Trinajstić information content (AvgIpc) is 3.30. The highest BCUT2D eigenvalue weighted by Gasteiger charge is 2.24. The van der Waals surface area contributed by atoms with E-state index in [1.807, 2.05) is 0 Å². The summed E-state index contributed by atoms with van der Waals surface area (Å²) >= 11 is 0. The quantitative estimate of drug-likeness (QED) is 0.487. The van der Waals surface area contributed by atoms with Gasteiger partial charge in [0.15, 0.2) is 17.4 Å². The van der Waals surface area contributed by atoms with Crippen LogP contribution in [0.1, 0.15) is 42.1 Å². The largest absolute Gasteiger partial charge is 0.503 e. The zero-order valence-electron chi connectivity index (χ0n) is 20.6. The highest BCUT2D eigenvalue weighted by molar-refractivity contribution is 5.94. The molecule has 1 saturated heterocycles. The normalized spacial score (nSPS) is 20.8. The number of phenols is 1. The van der Waals surface area contributed by atoms with Crippen LogP contribution < -0.4 is 16.4 Å². The molecule has 5 rings (SSSR count). The van der Waals surface area contributed by atoms with Gasteiger partial charge < -0.3 is 26.4 Å². The molecule has 0 radical (unpaired) electrons. The summed E-state index contributed by atoms with van der Waals surface area (Å²) in [6.07, 6.45) is 5.92. The summed E-state index contributed by atoms with van der Waals surface area (Å²) in [6.45, 7) is 4.64. The van der Waals surface area contributed by atoms with Gasteiger partial charge in [-0.2, -0.15) is 5.10 Å². The van der Waals surface area contributed by atoms with E-state index >= 15 is 0 Å². The second kappa shape index (κ2) is 10.8. The van der Waals surface area contributed by atoms with E-state index < -0.39 is 23.3 Å². The number of hydrogen-bond acceptors (Lipinski definition) is 6. The molecule has 5 N–H and O–H groups in total. The second-order valence-corrected chi connectivity index (χ2v) is 9.82. The molecule has 0 bridgehead atoms. The third-order valence-electron chi connectivity index (χ3n) is 7.40. The number of fused-ring (bicyclic) bond motifs is 1. The molecule has 8 nitrogen and oxygen atoms in total. The molecule has 10 heteroatoms. The van der Waals surface area contributed by atoms with Crippen LogP contribution in [-0.4, -0.2) is 65.5 Å². The predicted octanol–water partition coefficient (Wildman–Crippen LogP) is 4.10. The number of aromatic hydroxyl groups is 1. The minimum absolute atomic E-state index is 0. The fourth-order valence-corrected chi connectivity index (χ4v) is 5.12. The number of aromatic nitrogens is 2. The summed E-state index contributed by atoms with van der Waals surface area (Å²) in [5, 5.41) is 18.0. The Balaban J connectivity index is 0.00000304. The Kier molecular flexibility index (Phi) is 7.75. The van der Waals surface area contributed by atoms with Crippen molar-refractivity contribution in [2.75, 3.05) is 44.7 Å². The van der Waals surface area contributed by atoms with Crippen molar-refractivity contribution in [1.82, 2.24) is 26.1 Å². The lowest BCUT2D eigenvalue weighted by Gasteiger charge is -2.34. The average molecular weight is 501 g/mol. The van der Waals surface area contributed by atoms with Gasteiger partial charge in [-0.05, 0) is 69.0 Å². The lowest BCUT2D eigenvalue weighted by Crippen LogP contribution is -2.44. The number of phenolic OH excluding ortho intramolecular Hbond substituents is 1. The van der Waals surface area contributed by atoms with Crippen LogP contribution >= 0.6 is 0 Å². The van der Waals surface area contributed by atoms with Gasteiger partial charge in [-0.25, -0.2) is 8.78 Å². The van der Waals surface area contributed by atoms with Gasteiger partial charge >= 0.3 is 0 Å². The van der Waals surface area contributed by atoms with Crippen molar-refractivity contribution in [3.05, 3.63) is 53.7 Å². The molecule has 0 spiro atoms.